The Morgan fingerprint density at radius 1 is 1.06 bits per heavy atom. The summed E-state index contributed by atoms with van der Waals surface area (Å²) in [6.07, 6.45) is 1.61. The van der Waals surface area contributed by atoms with Crippen molar-refractivity contribution >= 4 is 9.84 Å². The van der Waals surface area contributed by atoms with Crippen LogP contribution in [0.25, 0.3) is 11.3 Å². The first-order valence-corrected chi connectivity index (χ1v) is 11.9. The van der Waals surface area contributed by atoms with Gasteiger partial charge in [-0.25, -0.2) is 17.8 Å². The lowest BCUT2D eigenvalue weighted by Crippen LogP contribution is -2.10. The van der Waals surface area contributed by atoms with Crippen molar-refractivity contribution in [3.05, 3.63) is 90.3 Å². The van der Waals surface area contributed by atoms with E-state index in [1.807, 2.05) is 0 Å². The maximum atomic E-state index is 13.1. The number of hydrogen-bond donors (Lipinski definition) is 2. The van der Waals surface area contributed by atoms with E-state index in [4.69, 9.17) is 4.74 Å². The van der Waals surface area contributed by atoms with Crippen molar-refractivity contribution in [3.63, 3.8) is 0 Å². The predicted molar refractivity (Wildman–Crippen MR) is 122 cm³/mol. The van der Waals surface area contributed by atoms with E-state index in [0.717, 1.165) is 0 Å². The Kier molecular flexibility index (Phi) is 6.73. The van der Waals surface area contributed by atoms with Gasteiger partial charge in [-0.1, -0.05) is 0 Å². The first-order chi connectivity index (χ1) is 16.2. The third-order valence-electron chi connectivity index (χ3n) is 5.00. The summed E-state index contributed by atoms with van der Waals surface area (Å²) in [5.74, 6) is 0.205. The molecule has 0 saturated carbocycles. The summed E-state index contributed by atoms with van der Waals surface area (Å²) in [4.78, 5) is 8.38. The SMILES string of the molecule is Cn1cnc(S(=O)(=O)Cc2cc([C@H](O)CO)cc(-c3ccc(Oc4ccc(F)cc4)cc3)n2)c1. The molecule has 2 aromatic heterocycles. The lowest BCUT2D eigenvalue weighted by molar-refractivity contribution is 0.0955. The largest absolute Gasteiger partial charge is 0.457 e. The summed E-state index contributed by atoms with van der Waals surface area (Å²) < 4.78 is 45.9. The number of aliphatic hydroxyl groups excluding tert-OH is 2. The number of benzene rings is 2. The number of sulfone groups is 1. The zero-order valence-electron chi connectivity index (χ0n) is 18.2. The standard InChI is InChI=1S/C24H22FN3O5S/c1-28-12-24(26-15-28)34(31,32)14-19-10-17(23(30)13-29)11-22(27-19)16-2-6-20(7-3-16)33-21-8-4-18(25)5-9-21/h2-12,15,23,29-30H,13-14H2,1H3/t23-/m1/s1. The first kappa shape index (κ1) is 23.6. The van der Waals surface area contributed by atoms with Gasteiger partial charge in [0.25, 0.3) is 0 Å². The maximum absolute atomic E-state index is 13.1. The molecule has 176 valence electrons. The van der Waals surface area contributed by atoms with Gasteiger partial charge in [0, 0.05) is 18.8 Å². The molecule has 0 amide bonds. The van der Waals surface area contributed by atoms with E-state index in [1.54, 1.807) is 37.4 Å². The van der Waals surface area contributed by atoms with Crippen LogP contribution in [0, 0.1) is 5.82 Å². The minimum absolute atomic E-state index is 0.0752. The molecule has 0 bridgehead atoms. The van der Waals surface area contributed by atoms with E-state index < -0.39 is 28.3 Å². The van der Waals surface area contributed by atoms with Gasteiger partial charge in [-0.3, -0.25) is 4.98 Å². The Hall–Kier alpha value is -3.60. The molecule has 8 nitrogen and oxygen atoms in total. The van der Waals surface area contributed by atoms with Crippen LogP contribution in [0.1, 0.15) is 17.4 Å². The zero-order valence-corrected chi connectivity index (χ0v) is 19.0. The number of rotatable bonds is 8. The number of hydrogen-bond acceptors (Lipinski definition) is 7. The quantitative estimate of drug-likeness (QED) is 0.395. The van der Waals surface area contributed by atoms with Crippen molar-refractivity contribution < 1.29 is 27.8 Å². The molecular formula is C24H22FN3O5S. The van der Waals surface area contributed by atoms with E-state index >= 15 is 0 Å². The molecule has 0 aliphatic carbocycles. The van der Waals surface area contributed by atoms with Crippen LogP contribution in [0.4, 0.5) is 4.39 Å². The van der Waals surface area contributed by atoms with E-state index in [0.29, 0.717) is 28.3 Å². The zero-order chi connectivity index (χ0) is 24.3. The number of imidazole rings is 1. The topological polar surface area (TPSA) is 115 Å². The van der Waals surface area contributed by atoms with Gasteiger partial charge in [0.1, 0.15) is 23.4 Å². The summed E-state index contributed by atoms with van der Waals surface area (Å²) in [5.41, 5.74) is 1.61. The van der Waals surface area contributed by atoms with E-state index in [1.165, 1.54) is 47.4 Å². The van der Waals surface area contributed by atoms with Crippen LogP contribution in [-0.4, -0.2) is 39.8 Å². The molecule has 0 fully saturated rings. The Bertz CT molecular complexity index is 1390. The second kappa shape index (κ2) is 9.72. The van der Waals surface area contributed by atoms with Crippen LogP contribution < -0.4 is 4.74 Å². The van der Waals surface area contributed by atoms with E-state index in [2.05, 4.69) is 9.97 Å². The summed E-state index contributed by atoms with van der Waals surface area (Å²) in [5, 5.41) is 19.5. The molecule has 1 atom stereocenters. The number of aliphatic hydroxyl groups is 2. The minimum atomic E-state index is -3.77. The minimum Gasteiger partial charge on any atom is -0.457 e. The normalized spacial score (nSPS) is 12.5. The highest BCUT2D eigenvalue weighted by molar-refractivity contribution is 7.90. The third-order valence-corrected chi connectivity index (χ3v) is 6.52. The lowest BCUT2D eigenvalue weighted by atomic mass is 10.0. The number of nitrogens with zero attached hydrogens (tertiary/aromatic N) is 3. The van der Waals surface area contributed by atoms with Gasteiger partial charge in [0.2, 0.25) is 9.84 Å². The monoisotopic (exact) mass is 483 g/mol. The highest BCUT2D eigenvalue weighted by Gasteiger charge is 2.21. The van der Waals surface area contributed by atoms with Crippen LogP contribution in [0.5, 0.6) is 11.5 Å². The molecule has 10 heteroatoms. The third kappa shape index (κ3) is 5.48. The lowest BCUT2D eigenvalue weighted by Gasteiger charge is -2.13. The number of pyridine rings is 1. The second-order valence-corrected chi connectivity index (χ2v) is 9.63. The van der Waals surface area contributed by atoms with Gasteiger partial charge >= 0.3 is 0 Å². The summed E-state index contributed by atoms with van der Waals surface area (Å²) in [6, 6.07) is 15.5. The van der Waals surface area contributed by atoms with Crippen molar-refractivity contribution in [2.24, 2.45) is 7.05 Å². The molecule has 2 N–H and O–H groups in total. The number of halogens is 1. The molecule has 0 spiro atoms. The van der Waals surface area contributed by atoms with Crippen LogP contribution >= 0.6 is 0 Å². The van der Waals surface area contributed by atoms with Crippen molar-refractivity contribution in [3.8, 4) is 22.8 Å². The molecular weight excluding hydrogens is 461 g/mol. The molecule has 2 aromatic carbocycles. The van der Waals surface area contributed by atoms with Crippen LogP contribution in [0.3, 0.4) is 0 Å². The van der Waals surface area contributed by atoms with Gasteiger partial charge in [0.05, 0.1) is 30.1 Å². The predicted octanol–water partition coefficient (Wildman–Crippen LogP) is 3.41. The van der Waals surface area contributed by atoms with Crippen molar-refractivity contribution in [1.29, 1.82) is 0 Å². The number of ether oxygens (including phenoxy) is 1. The first-order valence-electron chi connectivity index (χ1n) is 10.3. The highest BCUT2D eigenvalue weighted by atomic mass is 32.2. The second-order valence-electron chi connectivity index (χ2n) is 7.69. The van der Waals surface area contributed by atoms with Crippen molar-refractivity contribution in [2.75, 3.05) is 6.61 Å². The molecule has 0 saturated heterocycles. The number of aromatic nitrogens is 3. The maximum Gasteiger partial charge on any atom is 0.202 e. The highest BCUT2D eigenvalue weighted by Crippen LogP contribution is 2.28. The fourth-order valence-electron chi connectivity index (χ4n) is 3.28. The molecule has 4 aromatic rings. The Labute approximate surface area is 195 Å². The molecule has 0 aliphatic rings. The molecule has 0 radical (unpaired) electrons. The van der Waals surface area contributed by atoms with Gasteiger partial charge < -0.3 is 19.5 Å². The summed E-state index contributed by atoms with van der Waals surface area (Å²) >= 11 is 0. The van der Waals surface area contributed by atoms with Crippen LogP contribution in [0.2, 0.25) is 0 Å². The Morgan fingerprint density at radius 3 is 2.29 bits per heavy atom. The van der Waals surface area contributed by atoms with Crippen LogP contribution in [-0.2, 0) is 22.6 Å². The molecule has 4 rings (SSSR count). The van der Waals surface area contributed by atoms with Gasteiger partial charge in [0.15, 0.2) is 5.03 Å². The summed E-state index contributed by atoms with van der Waals surface area (Å²) in [7, 11) is -2.10. The van der Waals surface area contributed by atoms with Crippen molar-refractivity contribution in [2.45, 2.75) is 16.9 Å². The Balaban J connectivity index is 1.63. The van der Waals surface area contributed by atoms with Gasteiger partial charge in [-0.15, -0.1) is 0 Å². The van der Waals surface area contributed by atoms with Gasteiger partial charge in [-0.05, 0) is 66.2 Å². The van der Waals surface area contributed by atoms with Gasteiger partial charge in [-0.2, -0.15) is 0 Å². The average molecular weight is 484 g/mol. The van der Waals surface area contributed by atoms with E-state index in [9.17, 15) is 23.0 Å². The molecule has 2 heterocycles. The van der Waals surface area contributed by atoms with Crippen molar-refractivity contribution in [1.82, 2.24) is 14.5 Å². The van der Waals surface area contributed by atoms with Crippen LogP contribution in [0.15, 0.2) is 78.2 Å². The average Bonchev–Trinajstić information content (AvgIpc) is 3.27. The fourth-order valence-corrected chi connectivity index (χ4v) is 4.50. The molecule has 34 heavy (non-hydrogen) atoms. The molecule has 0 aliphatic heterocycles. The molecule has 0 unspecified atom stereocenters. The summed E-state index contributed by atoms with van der Waals surface area (Å²) in [6.45, 7) is -0.527. The smallest absolute Gasteiger partial charge is 0.202 e. The fraction of sp³-hybridized carbons (Fsp3) is 0.167. The Morgan fingerprint density at radius 2 is 1.71 bits per heavy atom. The van der Waals surface area contributed by atoms with E-state index in [-0.39, 0.29) is 16.5 Å². The number of aryl methyl sites for hydroxylation is 1.